The number of aryl methyl sites for hydroxylation is 1. The van der Waals surface area contributed by atoms with Crippen molar-refractivity contribution in [1.29, 1.82) is 0 Å². The molecule has 12 heteroatoms. The number of aromatic nitrogens is 2. The Labute approximate surface area is 259 Å². The van der Waals surface area contributed by atoms with E-state index >= 15 is 0 Å². The van der Waals surface area contributed by atoms with Crippen molar-refractivity contribution in [2.24, 2.45) is 5.92 Å². The zero-order valence-corrected chi connectivity index (χ0v) is 26.9. The number of hydrogen-bond donors (Lipinski definition) is 3. The van der Waals surface area contributed by atoms with Gasteiger partial charge in [-0.2, -0.15) is 4.98 Å². The molecule has 0 unspecified atom stereocenters. The van der Waals surface area contributed by atoms with Crippen LogP contribution < -0.4 is 20.9 Å². The number of halogens is 1. The minimum atomic E-state index is -3.56. The lowest BCUT2D eigenvalue weighted by Gasteiger charge is -2.38. The molecule has 1 aliphatic rings. The lowest BCUT2D eigenvalue weighted by molar-refractivity contribution is -0.111. The molecule has 1 saturated heterocycles. The summed E-state index contributed by atoms with van der Waals surface area (Å²) in [7, 11) is -3.56. The fraction of sp³-hybridized carbons (Fsp3) is 0.387. The molecule has 2 heterocycles. The predicted octanol–water partition coefficient (Wildman–Crippen LogP) is 6.01. The summed E-state index contributed by atoms with van der Waals surface area (Å²) >= 11 is 6.42. The van der Waals surface area contributed by atoms with Gasteiger partial charge in [-0.05, 0) is 62.6 Å². The average Bonchev–Trinajstić information content (AvgIpc) is 2.96. The Hall–Kier alpha value is -3.67. The number of anilines is 6. The van der Waals surface area contributed by atoms with E-state index in [4.69, 9.17) is 11.6 Å². The molecule has 10 nitrogen and oxygen atoms in total. The van der Waals surface area contributed by atoms with Crippen LogP contribution in [0.15, 0.2) is 60.1 Å². The largest absolute Gasteiger partial charge is 0.367 e. The number of amides is 1. The van der Waals surface area contributed by atoms with Gasteiger partial charge in [0.05, 0.1) is 33.4 Å². The van der Waals surface area contributed by atoms with Crippen molar-refractivity contribution in [1.82, 2.24) is 14.9 Å². The maximum atomic E-state index is 12.9. The monoisotopic (exact) mass is 625 g/mol. The highest BCUT2D eigenvalue weighted by Crippen LogP contribution is 2.35. The van der Waals surface area contributed by atoms with E-state index in [9.17, 15) is 13.2 Å². The molecule has 0 spiro atoms. The van der Waals surface area contributed by atoms with Crippen LogP contribution in [0, 0.1) is 12.8 Å². The van der Waals surface area contributed by atoms with Crippen LogP contribution in [0.1, 0.15) is 33.3 Å². The number of carbonyl (C=O) groups excluding carboxylic acids is 1. The molecule has 2 aromatic carbocycles. The highest BCUT2D eigenvalue weighted by Gasteiger charge is 2.24. The third-order valence-electron chi connectivity index (χ3n) is 7.18. The molecule has 1 fully saturated rings. The van der Waals surface area contributed by atoms with E-state index in [1.807, 2.05) is 19.1 Å². The van der Waals surface area contributed by atoms with Gasteiger partial charge in [0.25, 0.3) is 0 Å². The van der Waals surface area contributed by atoms with Gasteiger partial charge < -0.3 is 20.9 Å². The molecule has 1 aromatic heterocycles. The zero-order valence-electron chi connectivity index (χ0n) is 25.3. The van der Waals surface area contributed by atoms with Crippen LogP contribution in [-0.4, -0.2) is 67.2 Å². The Morgan fingerprint density at radius 3 is 2.40 bits per heavy atom. The first-order valence-corrected chi connectivity index (χ1v) is 16.3. The molecular weight excluding hydrogens is 586 g/mol. The third-order valence-corrected chi connectivity index (χ3v) is 9.67. The van der Waals surface area contributed by atoms with Gasteiger partial charge in [0, 0.05) is 38.4 Å². The van der Waals surface area contributed by atoms with Gasteiger partial charge in [0.1, 0.15) is 5.02 Å². The van der Waals surface area contributed by atoms with Crippen LogP contribution in [0.2, 0.25) is 5.02 Å². The van der Waals surface area contributed by atoms with Crippen LogP contribution in [0.3, 0.4) is 0 Å². The van der Waals surface area contributed by atoms with Gasteiger partial charge in [-0.1, -0.05) is 44.2 Å². The standard InChI is InChI=1S/C31H40ClN7O3S/c1-7-29(40)34-26-17-25(22(6)16-27(26)39-14-12-38(13-15-39)19-20(2)3)36-31-33-18-23(32)30(37-31)35-24-10-8-9-11-28(24)43(41,42)21(4)5/h7-11,16-18,20-21H,1,12-15,19H2,2-6H3,(H,34,40)(H2,33,35,36,37). The normalized spacial score (nSPS) is 14.2. The first-order valence-electron chi connectivity index (χ1n) is 14.3. The molecule has 0 saturated carbocycles. The maximum absolute atomic E-state index is 12.9. The quantitative estimate of drug-likeness (QED) is 0.220. The minimum absolute atomic E-state index is 0.160. The highest BCUT2D eigenvalue weighted by atomic mass is 35.5. The second-order valence-corrected chi connectivity index (χ2v) is 14.2. The Bertz CT molecular complexity index is 1590. The highest BCUT2D eigenvalue weighted by molar-refractivity contribution is 7.92. The van der Waals surface area contributed by atoms with Crippen molar-refractivity contribution in [3.8, 4) is 0 Å². The number of sulfone groups is 1. The van der Waals surface area contributed by atoms with Crippen LogP contribution in [-0.2, 0) is 14.6 Å². The van der Waals surface area contributed by atoms with E-state index in [1.165, 1.54) is 12.3 Å². The SMILES string of the molecule is C=CC(=O)Nc1cc(Nc2ncc(Cl)c(Nc3ccccc3S(=O)(=O)C(C)C)n2)c(C)cc1N1CCN(CC(C)C)CC1. The first-order chi connectivity index (χ1) is 20.4. The van der Waals surface area contributed by atoms with Crippen molar-refractivity contribution in [3.63, 3.8) is 0 Å². The van der Waals surface area contributed by atoms with Crippen LogP contribution in [0.25, 0.3) is 0 Å². The topological polar surface area (TPSA) is 120 Å². The number of nitrogens with one attached hydrogen (secondary N) is 3. The molecular formula is C31H40ClN7O3S. The zero-order chi connectivity index (χ0) is 31.3. The number of piperazine rings is 1. The van der Waals surface area contributed by atoms with Gasteiger partial charge >= 0.3 is 0 Å². The number of rotatable bonds is 11. The molecule has 230 valence electrons. The molecule has 4 rings (SSSR count). The fourth-order valence-electron chi connectivity index (χ4n) is 4.90. The average molecular weight is 626 g/mol. The van der Waals surface area contributed by atoms with E-state index < -0.39 is 15.1 Å². The maximum Gasteiger partial charge on any atom is 0.247 e. The number of carbonyl (C=O) groups is 1. The molecule has 3 aromatic rings. The van der Waals surface area contributed by atoms with Crippen molar-refractivity contribution in [2.75, 3.05) is 53.6 Å². The van der Waals surface area contributed by atoms with E-state index in [0.717, 1.165) is 44.0 Å². The van der Waals surface area contributed by atoms with Crippen LogP contribution in [0.5, 0.6) is 0 Å². The predicted molar refractivity (Wildman–Crippen MR) is 176 cm³/mol. The van der Waals surface area contributed by atoms with Crippen molar-refractivity contribution < 1.29 is 13.2 Å². The molecule has 1 aliphatic heterocycles. The number of benzene rings is 2. The van der Waals surface area contributed by atoms with Crippen LogP contribution >= 0.6 is 11.6 Å². The van der Waals surface area contributed by atoms with Gasteiger partial charge in [0.2, 0.25) is 11.9 Å². The van der Waals surface area contributed by atoms with Gasteiger partial charge in [-0.15, -0.1) is 0 Å². The Morgan fingerprint density at radius 2 is 1.74 bits per heavy atom. The second kappa shape index (κ2) is 13.7. The third kappa shape index (κ3) is 7.84. The Balaban J connectivity index is 1.62. The summed E-state index contributed by atoms with van der Waals surface area (Å²) in [5.74, 6) is 0.795. The molecule has 0 radical (unpaired) electrons. The molecule has 0 bridgehead atoms. The second-order valence-electron chi connectivity index (χ2n) is 11.3. The molecule has 43 heavy (non-hydrogen) atoms. The van der Waals surface area contributed by atoms with Crippen molar-refractivity contribution in [2.45, 2.75) is 44.8 Å². The van der Waals surface area contributed by atoms with Gasteiger partial charge in [-0.3, -0.25) is 9.69 Å². The van der Waals surface area contributed by atoms with Gasteiger partial charge in [0.15, 0.2) is 15.7 Å². The molecule has 0 aliphatic carbocycles. The summed E-state index contributed by atoms with van der Waals surface area (Å²) in [5, 5.41) is 8.89. The Kier molecular flexibility index (Phi) is 10.3. The number of hydrogen-bond acceptors (Lipinski definition) is 9. The van der Waals surface area contributed by atoms with Crippen LogP contribution in [0.4, 0.5) is 34.5 Å². The molecule has 1 amide bonds. The number of para-hydroxylation sites is 1. The summed E-state index contributed by atoms with van der Waals surface area (Å²) < 4.78 is 25.9. The summed E-state index contributed by atoms with van der Waals surface area (Å²) in [6.07, 6.45) is 2.69. The number of nitrogens with zero attached hydrogens (tertiary/aromatic N) is 4. The van der Waals surface area contributed by atoms with E-state index in [0.29, 0.717) is 23.0 Å². The summed E-state index contributed by atoms with van der Waals surface area (Å²) in [5.41, 5.74) is 3.57. The Morgan fingerprint density at radius 1 is 1.05 bits per heavy atom. The summed E-state index contributed by atoms with van der Waals surface area (Å²) in [6.45, 7) is 18.0. The van der Waals surface area contributed by atoms with Crippen molar-refractivity contribution >= 4 is 61.9 Å². The summed E-state index contributed by atoms with van der Waals surface area (Å²) in [6, 6.07) is 10.5. The molecule has 3 N–H and O–H groups in total. The summed E-state index contributed by atoms with van der Waals surface area (Å²) in [4.78, 5) is 26.2. The van der Waals surface area contributed by atoms with E-state index in [-0.39, 0.29) is 27.6 Å². The first kappa shape index (κ1) is 32.2. The van der Waals surface area contributed by atoms with E-state index in [2.05, 4.69) is 56.1 Å². The lowest BCUT2D eigenvalue weighted by atomic mass is 10.1. The fourth-order valence-corrected chi connectivity index (χ4v) is 6.24. The lowest BCUT2D eigenvalue weighted by Crippen LogP contribution is -2.47. The minimum Gasteiger partial charge on any atom is -0.367 e. The smallest absolute Gasteiger partial charge is 0.247 e. The van der Waals surface area contributed by atoms with Crippen molar-refractivity contribution in [3.05, 3.63) is 65.8 Å². The molecule has 0 atom stereocenters. The van der Waals surface area contributed by atoms with E-state index in [1.54, 1.807) is 38.1 Å². The van der Waals surface area contributed by atoms with Gasteiger partial charge in [-0.25, -0.2) is 13.4 Å².